The molecule has 0 aromatic rings. The third-order valence-electron chi connectivity index (χ3n) is 3.53. The summed E-state index contributed by atoms with van der Waals surface area (Å²) >= 11 is 0. The molecular formula is C14H25NO. The molecule has 0 radical (unpaired) electrons. The first-order chi connectivity index (χ1) is 7.26. The molecule has 0 aromatic heterocycles. The summed E-state index contributed by atoms with van der Waals surface area (Å²) in [6, 6.07) is 0. The summed E-state index contributed by atoms with van der Waals surface area (Å²) in [5.41, 5.74) is 0.626. The Bertz CT molecular complexity index is 277. The van der Waals surface area contributed by atoms with Crippen LogP contribution in [0, 0.1) is 28.3 Å². The lowest BCUT2D eigenvalue weighted by atomic mass is 9.61. The number of hydrogen-bond acceptors (Lipinski definition) is 2. The molecule has 0 N–H and O–H groups in total. The van der Waals surface area contributed by atoms with Crippen molar-refractivity contribution >= 4 is 0 Å². The molecule has 0 heterocycles. The van der Waals surface area contributed by atoms with Gasteiger partial charge in [0.25, 0.3) is 6.26 Å². The van der Waals surface area contributed by atoms with E-state index < -0.39 is 0 Å². The van der Waals surface area contributed by atoms with Crippen molar-refractivity contribution in [3.8, 4) is 6.26 Å². The predicted molar refractivity (Wildman–Crippen MR) is 65.7 cm³/mol. The van der Waals surface area contributed by atoms with Crippen LogP contribution in [0.4, 0.5) is 0 Å². The zero-order valence-electron chi connectivity index (χ0n) is 11.3. The molecule has 2 unspecified atom stereocenters. The van der Waals surface area contributed by atoms with Gasteiger partial charge >= 0.3 is 0 Å². The van der Waals surface area contributed by atoms with Crippen LogP contribution in [-0.2, 0) is 4.74 Å². The minimum atomic E-state index is 0.123. The van der Waals surface area contributed by atoms with Gasteiger partial charge in [-0.1, -0.05) is 34.6 Å². The summed E-state index contributed by atoms with van der Waals surface area (Å²) in [5, 5.41) is 8.67. The normalized spacial score (nSPS) is 33.4. The summed E-state index contributed by atoms with van der Waals surface area (Å²) in [7, 11) is 0. The summed E-state index contributed by atoms with van der Waals surface area (Å²) < 4.78 is 5.20. The van der Waals surface area contributed by atoms with E-state index in [9.17, 15) is 0 Å². The van der Waals surface area contributed by atoms with E-state index in [0.29, 0.717) is 16.7 Å². The maximum Gasteiger partial charge on any atom is 0.286 e. The Morgan fingerprint density at radius 3 is 2.44 bits per heavy atom. The van der Waals surface area contributed by atoms with Gasteiger partial charge in [0.1, 0.15) is 6.10 Å². The molecule has 0 amide bonds. The van der Waals surface area contributed by atoms with Gasteiger partial charge in [0.15, 0.2) is 0 Å². The first-order valence-corrected chi connectivity index (χ1v) is 6.31. The van der Waals surface area contributed by atoms with E-state index in [0.717, 1.165) is 12.8 Å². The number of nitriles is 1. The van der Waals surface area contributed by atoms with Crippen molar-refractivity contribution in [1.29, 1.82) is 5.26 Å². The monoisotopic (exact) mass is 223 g/mol. The lowest BCUT2D eigenvalue weighted by molar-refractivity contribution is -0.0199. The van der Waals surface area contributed by atoms with Crippen molar-refractivity contribution in [3.63, 3.8) is 0 Å². The fourth-order valence-corrected chi connectivity index (χ4v) is 3.84. The first-order valence-electron chi connectivity index (χ1n) is 6.31. The molecule has 1 aliphatic carbocycles. The van der Waals surface area contributed by atoms with Crippen molar-refractivity contribution in [2.24, 2.45) is 16.7 Å². The number of hydrogen-bond donors (Lipinski definition) is 0. The number of nitrogens with zero attached hydrogens (tertiary/aromatic N) is 1. The van der Waals surface area contributed by atoms with Crippen molar-refractivity contribution in [1.82, 2.24) is 0 Å². The van der Waals surface area contributed by atoms with Gasteiger partial charge in [0.05, 0.1) is 0 Å². The van der Waals surface area contributed by atoms with Crippen LogP contribution in [0.25, 0.3) is 0 Å². The zero-order valence-corrected chi connectivity index (χ0v) is 11.3. The fourth-order valence-electron chi connectivity index (χ4n) is 3.84. The minimum absolute atomic E-state index is 0.123. The average Bonchev–Trinajstić information content (AvgIpc) is 1.96. The molecule has 1 aliphatic rings. The second-order valence-electron chi connectivity index (χ2n) is 6.99. The highest BCUT2D eigenvalue weighted by atomic mass is 16.5. The smallest absolute Gasteiger partial charge is 0.286 e. The molecule has 0 saturated heterocycles. The van der Waals surface area contributed by atoms with Crippen molar-refractivity contribution in [2.45, 2.75) is 66.4 Å². The number of ether oxygens (including phenoxy) is 1. The van der Waals surface area contributed by atoms with E-state index in [2.05, 4.69) is 34.6 Å². The molecule has 1 fully saturated rings. The molecule has 0 bridgehead atoms. The van der Waals surface area contributed by atoms with Crippen LogP contribution in [0.2, 0.25) is 0 Å². The van der Waals surface area contributed by atoms with E-state index in [4.69, 9.17) is 10.00 Å². The summed E-state index contributed by atoms with van der Waals surface area (Å²) in [5.74, 6) is 0.710. The molecule has 2 nitrogen and oxygen atoms in total. The Kier molecular flexibility index (Phi) is 3.88. The molecule has 92 valence electrons. The lowest BCUT2D eigenvalue weighted by Crippen LogP contribution is -2.39. The Morgan fingerprint density at radius 1 is 1.31 bits per heavy atom. The summed E-state index contributed by atoms with van der Waals surface area (Å²) in [6.45, 7) is 11.5. The topological polar surface area (TPSA) is 33.0 Å². The van der Waals surface area contributed by atoms with Crippen LogP contribution >= 0.6 is 0 Å². The van der Waals surface area contributed by atoms with Crippen LogP contribution in [-0.4, -0.2) is 6.10 Å². The van der Waals surface area contributed by atoms with Crippen molar-refractivity contribution in [2.75, 3.05) is 0 Å². The maximum atomic E-state index is 8.67. The molecule has 2 atom stereocenters. The lowest BCUT2D eigenvalue weighted by Gasteiger charge is -2.46. The van der Waals surface area contributed by atoms with E-state index >= 15 is 0 Å². The maximum absolute atomic E-state index is 8.67. The van der Waals surface area contributed by atoms with E-state index in [1.54, 1.807) is 0 Å². The zero-order chi connectivity index (χ0) is 12.4. The van der Waals surface area contributed by atoms with Crippen molar-refractivity contribution in [3.05, 3.63) is 0 Å². The molecule has 16 heavy (non-hydrogen) atoms. The minimum Gasteiger partial charge on any atom is -0.424 e. The summed E-state index contributed by atoms with van der Waals surface area (Å²) in [6.07, 6.45) is 6.49. The van der Waals surface area contributed by atoms with Gasteiger partial charge in [-0.05, 0) is 42.4 Å². The van der Waals surface area contributed by atoms with Gasteiger partial charge in [0, 0.05) is 0 Å². The highest BCUT2D eigenvalue weighted by Crippen LogP contribution is 2.49. The molecule has 2 heteroatoms. The van der Waals surface area contributed by atoms with Crippen LogP contribution in [0.5, 0.6) is 0 Å². The third kappa shape index (κ3) is 3.70. The van der Waals surface area contributed by atoms with Crippen molar-refractivity contribution < 1.29 is 4.74 Å². The van der Waals surface area contributed by atoms with Crippen LogP contribution in [0.1, 0.15) is 60.3 Å². The number of rotatable bonds is 3. The van der Waals surface area contributed by atoms with Crippen LogP contribution in [0.15, 0.2) is 0 Å². The molecule has 0 aliphatic heterocycles. The Balaban J connectivity index is 2.75. The van der Waals surface area contributed by atoms with Gasteiger partial charge in [-0.25, -0.2) is 0 Å². The van der Waals surface area contributed by atoms with Crippen LogP contribution in [0.3, 0.4) is 0 Å². The van der Waals surface area contributed by atoms with E-state index in [1.165, 1.54) is 12.8 Å². The molecule has 0 aromatic carbocycles. The van der Waals surface area contributed by atoms with E-state index in [-0.39, 0.29) is 6.10 Å². The van der Waals surface area contributed by atoms with Gasteiger partial charge in [0.2, 0.25) is 0 Å². The quantitative estimate of drug-likeness (QED) is 0.674. The first kappa shape index (κ1) is 13.4. The average molecular weight is 223 g/mol. The Hall–Kier alpha value is -0.710. The fraction of sp³-hybridized carbons (Fsp3) is 0.929. The van der Waals surface area contributed by atoms with Gasteiger partial charge in [-0.3, -0.25) is 0 Å². The SMILES string of the molecule is CC(C)CC1(C)CC(OC#N)CC(C)(C)C1. The molecular weight excluding hydrogens is 198 g/mol. The highest BCUT2D eigenvalue weighted by Gasteiger charge is 2.42. The molecule has 1 rings (SSSR count). The highest BCUT2D eigenvalue weighted by molar-refractivity contribution is 4.93. The molecule has 0 spiro atoms. The second-order valence-corrected chi connectivity index (χ2v) is 6.99. The third-order valence-corrected chi connectivity index (χ3v) is 3.53. The molecule has 1 saturated carbocycles. The standard InChI is InChI=1S/C14H25NO/c1-11(2)6-14(5)8-12(16-10-15)7-13(3,4)9-14/h11-12H,6-9H2,1-5H3. The second kappa shape index (κ2) is 4.65. The Morgan fingerprint density at radius 2 is 1.94 bits per heavy atom. The van der Waals surface area contributed by atoms with E-state index in [1.807, 2.05) is 6.26 Å². The largest absolute Gasteiger partial charge is 0.424 e. The van der Waals surface area contributed by atoms with Gasteiger partial charge in [-0.2, -0.15) is 5.26 Å². The van der Waals surface area contributed by atoms with Crippen LogP contribution < -0.4 is 0 Å². The van der Waals surface area contributed by atoms with Gasteiger partial charge < -0.3 is 4.74 Å². The summed E-state index contributed by atoms with van der Waals surface area (Å²) in [4.78, 5) is 0. The Labute approximate surface area is 100.0 Å². The van der Waals surface area contributed by atoms with Gasteiger partial charge in [-0.15, -0.1) is 0 Å². The predicted octanol–water partition coefficient (Wildman–Crippen LogP) is 4.12.